The zero-order chi connectivity index (χ0) is 21.3. The van der Waals surface area contributed by atoms with Crippen molar-refractivity contribution in [2.24, 2.45) is 0 Å². The molecule has 0 unspecified atom stereocenters. The van der Waals surface area contributed by atoms with Gasteiger partial charge >= 0.3 is 6.18 Å². The van der Waals surface area contributed by atoms with Crippen LogP contribution in [0.3, 0.4) is 0 Å². The van der Waals surface area contributed by atoms with E-state index in [1.165, 1.54) is 17.4 Å². The summed E-state index contributed by atoms with van der Waals surface area (Å²) in [6, 6.07) is 3.86. The van der Waals surface area contributed by atoms with Gasteiger partial charge in [0.05, 0.1) is 11.1 Å². The van der Waals surface area contributed by atoms with Gasteiger partial charge in [0.2, 0.25) is 0 Å². The van der Waals surface area contributed by atoms with Gasteiger partial charge in [-0.25, -0.2) is 0 Å². The Hall–Kier alpha value is -1.94. The van der Waals surface area contributed by atoms with Crippen LogP contribution in [0.25, 0.3) is 0 Å². The first-order chi connectivity index (χ1) is 14.3. The number of rotatable bonds is 4. The van der Waals surface area contributed by atoms with Gasteiger partial charge in [-0.15, -0.1) is 11.3 Å². The van der Waals surface area contributed by atoms with Gasteiger partial charge < -0.3 is 15.5 Å². The molecule has 0 saturated carbocycles. The fourth-order valence-corrected chi connectivity index (χ4v) is 4.98. The third-order valence-corrected chi connectivity index (χ3v) is 6.67. The summed E-state index contributed by atoms with van der Waals surface area (Å²) in [5.74, 6) is -0.348. The van der Waals surface area contributed by atoms with Crippen molar-refractivity contribution in [1.29, 1.82) is 0 Å². The summed E-state index contributed by atoms with van der Waals surface area (Å²) < 4.78 is 40.4. The maximum atomic E-state index is 13.5. The Labute approximate surface area is 177 Å². The Bertz CT molecular complexity index is 919. The van der Waals surface area contributed by atoms with Gasteiger partial charge in [0.25, 0.3) is 5.91 Å². The Morgan fingerprint density at radius 3 is 2.70 bits per heavy atom. The summed E-state index contributed by atoms with van der Waals surface area (Å²) in [6.45, 7) is 5.35. The smallest absolute Gasteiger partial charge is 0.322 e. The molecule has 2 N–H and O–H groups in total. The lowest BCUT2D eigenvalue weighted by Gasteiger charge is -2.32. The summed E-state index contributed by atoms with van der Waals surface area (Å²) in [7, 11) is 2.04. The van der Waals surface area contributed by atoms with E-state index in [1.54, 1.807) is 11.4 Å². The SMILES string of the molecule is CN1CCN(Cc2cc(NC(=O)c3csc4c3CCNC4)cc(C(F)(F)F)c2)CC1. The van der Waals surface area contributed by atoms with Crippen LogP contribution in [0.2, 0.25) is 0 Å². The molecule has 1 fully saturated rings. The van der Waals surface area contributed by atoms with E-state index < -0.39 is 11.7 Å². The highest BCUT2D eigenvalue weighted by Gasteiger charge is 2.32. The molecule has 1 aromatic heterocycles. The second kappa shape index (κ2) is 8.66. The Morgan fingerprint density at radius 2 is 1.97 bits per heavy atom. The number of anilines is 1. The molecule has 2 aliphatic rings. The number of hydrogen-bond donors (Lipinski definition) is 2. The largest absolute Gasteiger partial charge is 0.416 e. The van der Waals surface area contributed by atoms with Crippen LogP contribution in [0.15, 0.2) is 23.6 Å². The number of carbonyl (C=O) groups is 1. The predicted molar refractivity (Wildman–Crippen MR) is 112 cm³/mol. The molecule has 0 aliphatic carbocycles. The highest BCUT2D eigenvalue weighted by Crippen LogP contribution is 2.33. The molecule has 2 aliphatic heterocycles. The van der Waals surface area contributed by atoms with Crippen molar-refractivity contribution in [2.75, 3.05) is 45.1 Å². The topological polar surface area (TPSA) is 47.6 Å². The Morgan fingerprint density at radius 1 is 1.20 bits per heavy atom. The molecule has 0 bridgehead atoms. The number of carbonyl (C=O) groups excluding carboxylic acids is 1. The van der Waals surface area contributed by atoms with Crippen LogP contribution in [-0.4, -0.2) is 55.5 Å². The molecular formula is C21H25F3N4OS. The molecule has 5 nitrogen and oxygen atoms in total. The zero-order valence-corrected chi connectivity index (χ0v) is 17.6. The van der Waals surface area contributed by atoms with Crippen molar-refractivity contribution in [3.8, 4) is 0 Å². The van der Waals surface area contributed by atoms with Crippen LogP contribution in [0.1, 0.15) is 31.9 Å². The highest BCUT2D eigenvalue weighted by atomic mass is 32.1. The number of nitrogens with one attached hydrogen (secondary N) is 2. The van der Waals surface area contributed by atoms with Gasteiger partial charge in [-0.2, -0.15) is 13.2 Å². The van der Waals surface area contributed by atoms with Crippen LogP contribution < -0.4 is 10.6 Å². The molecular weight excluding hydrogens is 413 g/mol. The minimum Gasteiger partial charge on any atom is -0.322 e. The molecule has 2 aromatic rings. The van der Waals surface area contributed by atoms with E-state index >= 15 is 0 Å². The van der Waals surface area contributed by atoms with Crippen molar-refractivity contribution in [1.82, 2.24) is 15.1 Å². The third kappa shape index (κ3) is 4.85. The molecule has 1 saturated heterocycles. The number of likely N-dealkylation sites (N-methyl/N-ethyl adjacent to an activating group) is 1. The van der Waals surface area contributed by atoms with Crippen LogP contribution >= 0.6 is 11.3 Å². The van der Waals surface area contributed by atoms with E-state index in [1.807, 2.05) is 7.05 Å². The second-order valence-electron chi connectivity index (χ2n) is 7.93. The first-order valence-corrected chi connectivity index (χ1v) is 10.9. The first kappa shape index (κ1) is 21.3. The van der Waals surface area contributed by atoms with Gasteiger partial charge in [0, 0.05) is 55.2 Å². The van der Waals surface area contributed by atoms with Crippen LogP contribution in [-0.2, 0) is 25.7 Å². The lowest BCUT2D eigenvalue weighted by Crippen LogP contribution is -2.43. The van der Waals surface area contributed by atoms with Gasteiger partial charge in [0.15, 0.2) is 0 Å². The number of thiophene rings is 1. The lowest BCUT2D eigenvalue weighted by atomic mass is 10.0. The quantitative estimate of drug-likeness (QED) is 0.768. The van der Waals surface area contributed by atoms with E-state index in [-0.39, 0.29) is 11.6 Å². The standard InChI is InChI=1S/C21H25F3N4OS/c1-27-4-6-28(7-5-27)12-14-8-15(21(22,23)24)10-16(9-14)26-20(29)18-13-30-19-11-25-3-2-17(18)19/h8-10,13,25H,2-7,11-12H2,1H3,(H,26,29). The number of halogens is 3. The summed E-state index contributed by atoms with van der Waals surface area (Å²) in [4.78, 5) is 18.3. The number of alkyl halides is 3. The minimum atomic E-state index is -4.47. The van der Waals surface area contributed by atoms with E-state index in [4.69, 9.17) is 0 Å². The maximum absolute atomic E-state index is 13.5. The summed E-state index contributed by atoms with van der Waals surface area (Å²) in [5.41, 5.74) is 1.57. The predicted octanol–water partition coefficient (Wildman–Crippen LogP) is 3.41. The molecule has 9 heteroatoms. The Balaban J connectivity index is 1.56. The molecule has 0 atom stereocenters. The Kier molecular flexibility index (Phi) is 6.15. The summed E-state index contributed by atoms with van der Waals surface area (Å²) >= 11 is 1.51. The van der Waals surface area contributed by atoms with Gasteiger partial charge in [-0.1, -0.05) is 0 Å². The van der Waals surface area contributed by atoms with Crippen molar-refractivity contribution < 1.29 is 18.0 Å². The number of nitrogens with zero attached hydrogens (tertiary/aromatic N) is 2. The van der Waals surface area contributed by atoms with Crippen LogP contribution in [0, 0.1) is 0 Å². The van der Waals surface area contributed by atoms with Crippen molar-refractivity contribution in [2.45, 2.75) is 25.7 Å². The van der Waals surface area contributed by atoms with E-state index in [0.717, 1.165) is 62.2 Å². The van der Waals surface area contributed by atoms with Gasteiger partial charge in [-0.3, -0.25) is 9.69 Å². The summed E-state index contributed by atoms with van der Waals surface area (Å²) in [6.07, 6.45) is -3.72. The van der Waals surface area contributed by atoms with E-state index in [2.05, 4.69) is 20.4 Å². The average molecular weight is 439 g/mol. The maximum Gasteiger partial charge on any atom is 0.416 e. The molecule has 0 radical (unpaired) electrons. The molecule has 4 rings (SSSR count). The zero-order valence-electron chi connectivity index (χ0n) is 16.8. The fourth-order valence-electron chi connectivity index (χ4n) is 3.93. The van der Waals surface area contributed by atoms with E-state index in [9.17, 15) is 18.0 Å². The fraction of sp³-hybridized carbons (Fsp3) is 0.476. The molecule has 30 heavy (non-hydrogen) atoms. The molecule has 3 heterocycles. The van der Waals surface area contributed by atoms with E-state index in [0.29, 0.717) is 17.7 Å². The number of hydrogen-bond acceptors (Lipinski definition) is 5. The van der Waals surface area contributed by atoms with Gasteiger partial charge in [0.1, 0.15) is 0 Å². The number of piperazine rings is 1. The number of benzene rings is 1. The third-order valence-electron chi connectivity index (χ3n) is 5.64. The van der Waals surface area contributed by atoms with Crippen molar-refractivity contribution in [3.63, 3.8) is 0 Å². The second-order valence-corrected chi connectivity index (χ2v) is 8.89. The molecule has 162 valence electrons. The van der Waals surface area contributed by atoms with Crippen LogP contribution in [0.5, 0.6) is 0 Å². The van der Waals surface area contributed by atoms with Crippen molar-refractivity contribution in [3.05, 3.63) is 50.7 Å². The lowest BCUT2D eigenvalue weighted by molar-refractivity contribution is -0.137. The summed E-state index contributed by atoms with van der Waals surface area (Å²) in [5, 5.41) is 7.77. The van der Waals surface area contributed by atoms with Crippen LogP contribution in [0.4, 0.5) is 18.9 Å². The number of amides is 1. The monoisotopic (exact) mass is 438 g/mol. The van der Waals surface area contributed by atoms with Crippen molar-refractivity contribution >= 4 is 22.9 Å². The molecule has 0 spiro atoms. The molecule has 1 aromatic carbocycles. The normalized spacial score (nSPS) is 18.3. The first-order valence-electron chi connectivity index (χ1n) is 10.0. The molecule has 1 amide bonds. The minimum absolute atomic E-state index is 0.188. The average Bonchev–Trinajstić information content (AvgIpc) is 3.13. The van der Waals surface area contributed by atoms with Gasteiger partial charge in [-0.05, 0) is 49.3 Å². The number of fused-ring (bicyclic) bond motifs is 1. The highest BCUT2D eigenvalue weighted by molar-refractivity contribution is 7.10.